The van der Waals surface area contributed by atoms with E-state index < -0.39 is 7.12 Å². The lowest BCUT2D eigenvalue weighted by Gasteiger charge is -2.05. The van der Waals surface area contributed by atoms with Crippen molar-refractivity contribution in [2.24, 2.45) is 7.05 Å². The monoisotopic (exact) mass is 189 g/mol. The van der Waals surface area contributed by atoms with Gasteiger partial charge in [-0.3, -0.25) is 0 Å². The second kappa shape index (κ2) is 3.15. The Kier molecular flexibility index (Phi) is 2.09. The van der Waals surface area contributed by atoms with Crippen LogP contribution in [0.1, 0.15) is 5.69 Å². The highest BCUT2D eigenvalue weighted by Crippen LogP contribution is 2.16. The lowest BCUT2D eigenvalue weighted by Crippen LogP contribution is -2.31. The van der Waals surface area contributed by atoms with Crippen molar-refractivity contribution in [3.8, 4) is 0 Å². The van der Waals surface area contributed by atoms with Gasteiger partial charge in [-0.05, 0) is 18.4 Å². The summed E-state index contributed by atoms with van der Waals surface area (Å²) in [7, 11) is 0.510. The molecule has 0 unspecified atom stereocenters. The minimum absolute atomic E-state index is 0.554. The zero-order valence-electron chi connectivity index (χ0n) is 8.23. The van der Waals surface area contributed by atoms with Crippen LogP contribution in [0.3, 0.4) is 0 Å². The predicted molar refractivity (Wildman–Crippen MR) is 57.5 cm³/mol. The minimum Gasteiger partial charge on any atom is -0.423 e. The second-order valence-corrected chi connectivity index (χ2v) is 3.50. The zero-order chi connectivity index (χ0) is 10.3. The van der Waals surface area contributed by atoms with Crippen molar-refractivity contribution in [1.29, 1.82) is 0 Å². The highest BCUT2D eigenvalue weighted by atomic mass is 16.4. The molecule has 0 spiro atoms. The molecule has 1 aromatic carbocycles. The number of fused-ring (bicyclic) bond motifs is 1. The third-order valence-corrected chi connectivity index (χ3v) is 2.61. The molecule has 0 aliphatic rings. The molecule has 1 aromatic heterocycles. The Hall–Kier alpha value is -1.26. The van der Waals surface area contributed by atoms with E-state index in [-0.39, 0.29) is 0 Å². The number of aryl methyl sites for hydroxylation is 2. The smallest absolute Gasteiger partial charge is 0.423 e. The first-order valence-electron chi connectivity index (χ1n) is 4.52. The predicted octanol–water partition coefficient (Wildman–Crippen LogP) is 0.167. The Bertz CT molecular complexity index is 476. The number of benzene rings is 1. The zero-order valence-corrected chi connectivity index (χ0v) is 8.23. The summed E-state index contributed by atoms with van der Waals surface area (Å²) in [4.78, 5) is 0. The van der Waals surface area contributed by atoms with Crippen molar-refractivity contribution < 1.29 is 10.0 Å². The summed E-state index contributed by atoms with van der Waals surface area (Å²) in [5.74, 6) is 0. The molecule has 0 saturated carbocycles. The van der Waals surface area contributed by atoms with E-state index in [1.807, 2.05) is 36.7 Å². The average Bonchev–Trinajstić information content (AvgIpc) is 2.43. The Morgan fingerprint density at radius 3 is 2.64 bits per heavy atom. The first-order valence-corrected chi connectivity index (χ1v) is 4.52. The SMILES string of the molecule is Cc1cc2cccc(B(O)O)c2n1C. The van der Waals surface area contributed by atoms with E-state index in [0.29, 0.717) is 5.46 Å². The Balaban J connectivity index is 2.84. The van der Waals surface area contributed by atoms with Crippen LogP contribution in [0.4, 0.5) is 0 Å². The normalized spacial score (nSPS) is 10.9. The van der Waals surface area contributed by atoms with Crippen molar-refractivity contribution in [2.45, 2.75) is 6.92 Å². The standard InChI is InChI=1S/C10H12BNO2/c1-7-6-8-4-3-5-9(11(13)14)10(8)12(7)2/h3-6,13-14H,1-2H3. The van der Waals surface area contributed by atoms with Crippen LogP contribution in [-0.4, -0.2) is 21.7 Å². The minimum atomic E-state index is -1.41. The molecule has 0 bridgehead atoms. The van der Waals surface area contributed by atoms with E-state index in [0.717, 1.165) is 16.6 Å². The fourth-order valence-electron chi connectivity index (χ4n) is 1.79. The van der Waals surface area contributed by atoms with E-state index in [4.69, 9.17) is 0 Å². The number of hydrogen-bond donors (Lipinski definition) is 2. The van der Waals surface area contributed by atoms with Crippen LogP contribution in [0.5, 0.6) is 0 Å². The number of hydrogen-bond acceptors (Lipinski definition) is 2. The first-order chi connectivity index (χ1) is 6.61. The van der Waals surface area contributed by atoms with E-state index in [1.165, 1.54) is 0 Å². The molecule has 14 heavy (non-hydrogen) atoms. The van der Waals surface area contributed by atoms with E-state index in [9.17, 15) is 10.0 Å². The number of para-hydroxylation sites is 1. The van der Waals surface area contributed by atoms with Crippen molar-refractivity contribution in [2.75, 3.05) is 0 Å². The molecule has 4 heteroatoms. The number of nitrogens with zero attached hydrogens (tertiary/aromatic N) is 1. The van der Waals surface area contributed by atoms with Crippen molar-refractivity contribution in [3.05, 3.63) is 30.0 Å². The van der Waals surface area contributed by atoms with Gasteiger partial charge >= 0.3 is 7.12 Å². The third-order valence-electron chi connectivity index (χ3n) is 2.61. The van der Waals surface area contributed by atoms with Crippen LogP contribution in [0.25, 0.3) is 10.9 Å². The molecule has 3 nitrogen and oxygen atoms in total. The molecule has 0 atom stereocenters. The van der Waals surface area contributed by atoms with E-state index in [2.05, 4.69) is 0 Å². The van der Waals surface area contributed by atoms with Gasteiger partial charge in [-0.1, -0.05) is 18.2 Å². The maximum absolute atomic E-state index is 9.20. The van der Waals surface area contributed by atoms with Crippen LogP contribution in [0.15, 0.2) is 24.3 Å². The van der Waals surface area contributed by atoms with Gasteiger partial charge in [0, 0.05) is 23.7 Å². The quantitative estimate of drug-likeness (QED) is 0.628. The largest absolute Gasteiger partial charge is 0.490 e. The molecule has 0 fully saturated rings. The van der Waals surface area contributed by atoms with E-state index in [1.54, 1.807) is 6.07 Å². The van der Waals surface area contributed by atoms with Crippen molar-refractivity contribution in [3.63, 3.8) is 0 Å². The lowest BCUT2D eigenvalue weighted by atomic mass is 9.79. The van der Waals surface area contributed by atoms with Gasteiger partial charge in [0.2, 0.25) is 0 Å². The van der Waals surface area contributed by atoms with Gasteiger partial charge in [0.05, 0.1) is 0 Å². The molecule has 2 rings (SSSR count). The Morgan fingerprint density at radius 2 is 2.00 bits per heavy atom. The van der Waals surface area contributed by atoms with Gasteiger partial charge in [-0.2, -0.15) is 0 Å². The molecule has 1 heterocycles. The average molecular weight is 189 g/mol. The number of rotatable bonds is 1. The summed E-state index contributed by atoms with van der Waals surface area (Å²) in [6.45, 7) is 1.99. The van der Waals surface area contributed by atoms with Gasteiger partial charge in [0.15, 0.2) is 0 Å². The fraction of sp³-hybridized carbons (Fsp3) is 0.200. The van der Waals surface area contributed by atoms with Crippen molar-refractivity contribution >= 4 is 23.5 Å². The molecule has 0 amide bonds. The molecule has 0 aliphatic carbocycles. The summed E-state index contributed by atoms with van der Waals surface area (Å²) in [5.41, 5.74) is 2.55. The fourth-order valence-corrected chi connectivity index (χ4v) is 1.79. The molecule has 2 N–H and O–H groups in total. The molecular weight excluding hydrogens is 177 g/mol. The summed E-state index contributed by atoms with van der Waals surface area (Å²) in [6.07, 6.45) is 0. The molecular formula is C10H12BNO2. The van der Waals surface area contributed by atoms with Gasteiger partial charge in [0.1, 0.15) is 0 Å². The maximum Gasteiger partial charge on any atom is 0.490 e. The first kappa shape index (κ1) is 9.31. The highest BCUT2D eigenvalue weighted by Gasteiger charge is 2.16. The van der Waals surface area contributed by atoms with E-state index >= 15 is 0 Å². The summed E-state index contributed by atoms with van der Waals surface area (Å²) in [5, 5.41) is 19.4. The van der Waals surface area contributed by atoms with Crippen LogP contribution in [0.2, 0.25) is 0 Å². The van der Waals surface area contributed by atoms with Gasteiger partial charge in [-0.15, -0.1) is 0 Å². The van der Waals surface area contributed by atoms with Crippen LogP contribution in [-0.2, 0) is 7.05 Å². The number of aromatic nitrogens is 1. The molecule has 2 aromatic rings. The summed E-state index contributed by atoms with van der Waals surface area (Å²) in [6, 6.07) is 7.55. The van der Waals surface area contributed by atoms with Crippen LogP contribution < -0.4 is 5.46 Å². The van der Waals surface area contributed by atoms with Gasteiger partial charge < -0.3 is 14.6 Å². The van der Waals surface area contributed by atoms with Crippen LogP contribution >= 0.6 is 0 Å². The molecule has 0 saturated heterocycles. The molecule has 0 aliphatic heterocycles. The topological polar surface area (TPSA) is 45.4 Å². The van der Waals surface area contributed by atoms with Crippen LogP contribution in [0, 0.1) is 6.92 Å². The van der Waals surface area contributed by atoms with Gasteiger partial charge in [0.25, 0.3) is 0 Å². The Morgan fingerprint density at radius 1 is 1.29 bits per heavy atom. The van der Waals surface area contributed by atoms with Gasteiger partial charge in [-0.25, -0.2) is 0 Å². The highest BCUT2D eigenvalue weighted by molar-refractivity contribution is 6.61. The lowest BCUT2D eigenvalue weighted by molar-refractivity contribution is 0.426. The second-order valence-electron chi connectivity index (χ2n) is 3.50. The maximum atomic E-state index is 9.20. The Labute approximate surface area is 82.7 Å². The third kappa shape index (κ3) is 1.23. The summed E-state index contributed by atoms with van der Waals surface area (Å²) >= 11 is 0. The molecule has 0 radical (unpaired) electrons. The summed E-state index contributed by atoms with van der Waals surface area (Å²) < 4.78 is 1.96. The molecule has 72 valence electrons. The van der Waals surface area contributed by atoms with Crippen molar-refractivity contribution in [1.82, 2.24) is 4.57 Å².